The fourth-order valence-electron chi connectivity index (χ4n) is 7.91. The molecule has 2 heteroatoms. The van der Waals surface area contributed by atoms with Crippen LogP contribution >= 0.6 is 0 Å². The summed E-state index contributed by atoms with van der Waals surface area (Å²) < 4.78 is 5.59. The minimum absolute atomic E-state index is 0.259. The normalized spacial score (nSPS) is 13.3. The van der Waals surface area contributed by atoms with Gasteiger partial charge in [0.05, 0.1) is 7.11 Å². The molecular weight excluding hydrogens is 549 g/mol. The molecule has 2 atom stereocenters. The Morgan fingerprint density at radius 2 is 0.977 bits per heavy atom. The standard InChI is InChI=1S/C42H48OSi/c1-5-34(24-19-29-39(6-2)44(4,40-25-15-9-16-26-40)41-27-17-10-18-28-41)42(35-20-11-7-12-21-35,36-22-13-8-14-23-36)37-30-32-38(43-3)33-31-37/h7-18,20-23,25-28,30-34,39H,5-6,19,24,29H2,1-4H3. The summed E-state index contributed by atoms with van der Waals surface area (Å²) in [6.07, 6.45) is 5.90. The Kier molecular flexibility index (Phi) is 10.6. The van der Waals surface area contributed by atoms with Crippen LogP contribution in [0, 0.1) is 5.92 Å². The van der Waals surface area contributed by atoms with Crippen LogP contribution in [0.3, 0.4) is 0 Å². The van der Waals surface area contributed by atoms with E-state index >= 15 is 0 Å². The third-order valence-electron chi connectivity index (χ3n) is 10.3. The first-order chi connectivity index (χ1) is 21.6. The van der Waals surface area contributed by atoms with E-state index in [9.17, 15) is 0 Å². The molecule has 0 fully saturated rings. The van der Waals surface area contributed by atoms with Gasteiger partial charge in [-0.15, -0.1) is 0 Å². The highest BCUT2D eigenvalue weighted by atomic mass is 28.3. The minimum Gasteiger partial charge on any atom is -0.497 e. The van der Waals surface area contributed by atoms with Crippen molar-refractivity contribution in [1.29, 1.82) is 0 Å². The predicted molar refractivity (Wildman–Crippen MR) is 191 cm³/mol. The second kappa shape index (κ2) is 14.7. The van der Waals surface area contributed by atoms with E-state index in [1.807, 2.05) is 0 Å². The van der Waals surface area contributed by atoms with Crippen molar-refractivity contribution in [2.45, 2.75) is 63.5 Å². The largest absolute Gasteiger partial charge is 0.497 e. The lowest BCUT2D eigenvalue weighted by Gasteiger charge is -2.43. The number of rotatable bonds is 14. The first-order valence-corrected chi connectivity index (χ1v) is 19.0. The van der Waals surface area contributed by atoms with Gasteiger partial charge in [-0.25, -0.2) is 0 Å². The molecule has 226 valence electrons. The summed E-state index contributed by atoms with van der Waals surface area (Å²) in [5, 5.41) is 3.09. The summed E-state index contributed by atoms with van der Waals surface area (Å²) in [6, 6.07) is 54.0. The van der Waals surface area contributed by atoms with Crippen LogP contribution in [0.2, 0.25) is 12.1 Å². The Balaban J connectivity index is 1.54. The van der Waals surface area contributed by atoms with Crippen molar-refractivity contribution in [3.05, 3.63) is 162 Å². The fraction of sp³-hybridized carbons (Fsp3) is 0.286. The average Bonchev–Trinajstić information content (AvgIpc) is 3.11. The van der Waals surface area contributed by atoms with Gasteiger partial charge in [-0.2, -0.15) is 0 Å². The van der Waals surface area contributed by atoms with Crippen LogP contribution in [-0.2, 0) is 5.41 Å². The van der Waals surface area contributed by atoms with Crippen molar-refractivity contribution in [1.82, 2.24) is 0 Å². The second-order valence-electron chi connectivity index (χ2n) is 12.3. The quantitative estimate of drug-likeness (QED) is 0.0916. The van der Waals surface area contributed by atoms with Gasteiger partial charge in [0.1, 0.15) is 13.8 Å². The lowest BCUT2D eigenvalue weighted by Crippen LogP contribution is -2.59. The van der Waals surface area contributed by atoms with Gasteiger partial charge in [-0.05, 0) is 46.7 Å². The summed E-state index contributed by atoms with van der Waals surface area (Å²) in [4.78, 5) is 0. The summed E-state index contributed by atoms with van der Waals surface area (Å²) in [6.45, 7) is 7.41. The number of hydrogen-bond donors (Lipinski definition) is 0. The number of hydrogen-bond acceptors (Lipinski definition) is 1. The van der Waals surface area contributed by atoms with Crippen LogP contribution in [0.1, 0.15) is 62.6 Å². The number of ether oxygens (including phenoxy) is 1. The van der Waals surface area contributed by atoms with E-state index in [2.05, 4.69) is 166 Å². The molecular formula is C42H48OSi. The van der Waals surface area contributed by atoms with E-state index in [0.29, 0.717) is 11.5 Å². The van der Waals surface area contributed by atoms with Gasteiger partial charge in [0.2, 0.25) is 0 Å². The van der Waals surface area contributed by atoms with Crippen LogP contribution in [-0.4, -0.2) is 15.2 Å². The Labute approximate surface area is 267 Å². The molecule has 0 amide bonds. The van der Waals surface area contributed by atoms with Crippen molar-refractivity contribution in [2.24, 2.45) is 5.92 Å². The maximum absolute atomic E-state index is 5.59. The molecule has 0 bridgehead atoms. The van der Waals surface area contributed by atoms with Crippen LogP contribution in [0.5, 0.6) is 5.75 Å². The average molecular weight is 597 g/mol. The van der Waals surface area contributed by atoms with Crippen molar-refractivity contribution in [3.8, 4) is 5.75 Å². The van der Waals surface area contributed by atoms with E-state index < -0.39 is 8.07 Å². The lowest BCUT2D eigenvalue weighted by molar-refractivity contribution is 0.324. The molecule has 5 rings (SSSR count). The van der Waals surface area contributed by atoms with Crippen LogP contribution in [0.25, 0.3) is 0 Å². The van der Waals surface area contributed by atoms with Gasteiger partial charge in [0.25, 0.3) is 0 Å². The molecule has 0 aliphatic heterocycles. The zero-order chi connectivity index (χ0) is 30.8. The van der Waals surface area contributed by atoms with Gasteiger partial charge in [-0.3, -0.25) is 0 Å². The Morgan fingerprint density at radius 3 is 1.39 bits per heavy atom. The maximum Gasteiger partial charge on any atom is 0.118 e. The Hall–Kier alpha value is -3.88. The Morgan fingerprint density at radius 1 is 0.545 bits per heavy atom. The summed E-state index contributed by atoms with van der Waals surface area (Å²) in [5.74, 6) is 1.33. The van der Waals surface area contributed by atoms with Gasteiger partial charge < -0.3 is 4.74 Å². The third kappa shape index (κ3) is 6.19. The first kappa shape index (κ1) is 31.5. The van der Waals surface area contributed by atoms with Gasteiger partial charge >= 0.3 is 0 Å². The third-order valence-corrected chi connectivity index (χ3v) is 15.7. The van der Waals surface area contributed by atoms with E-state index in [0.717, 1.165) is 18.6 Å². The lowest BCUT2D eigenvalue weighted by atomic mass is 9.60. The SMILES string of the molecule is CCC(CCCC(CC)[Si](C)(c1ccccc1)c1ccccc1)C(c1ccccc1)(c1ccccc1)c1ccc(OC)cc1. The smallest absolute Gasteiger partial charge is 0.118 e. The van der Waals surface area contributed by atoms with Crippen molar-refractivity contribution in [2.75, 3.05) is 7.11 Å². The van der Waals surface area contributed by atoms with Gasteiger partial charge in [-0.1, -0.05) is 190 Å². The first-order valence-electron chi connectivity index (χ1n) is 16.5. The molecule has 0 saturated heterocycles. The van der Waals surface area contributed by atoms with Crippen LogP contribution < -0.4 is 15.1 Å². The molecule has 0 spiro atoms. The highest BCUT2D eigenvalue weighted by Gasteiger charge is 2.43. The molecule has 0 heterocycles. The molecule has 0 saturated carbocycles. The molecule has 2 unspecified atom stereocenters. The zero-order valence-electron chi connectivity index (χ0n) is 27.0. The molecule has 44 heavy (non-hydrogen) atoms. The molecule has 5 aromatic rings. The van der Waals surface area contributed by atoms with Crippen molar-refractivity contribution < 1.29 is 4.74 Å². The summed E-state index contributed by atoms with van der Waals surface area (Å²) in [5.41, 5.74) is 4.47. The fourth-order valence-corrected chi connectivity index (χ4v) is 12.6. The molecule has 0 aromatic heterocycles. The second-order valence-corrected chi connectivity index (χ2v) is 16.7. The monoisotopic (exact) mass is 596 g/mol. The molecule has 0 aliphatic rings. The number of methoxy groups -OCH3 is 1. The van der Waals surface area contributed by atoms with E-state index in [4.69, 9.17) is 4.74 Å². The molecule has 5 aromatic carbocycles. The van der Waals surface area contributed by atoms with E-state index in [-0.39, 0.29) is 5.41 Å². The van der Waals surface area contributed by atoms with Gasteiger partial charge in [0.15, 0.2) is 0 Å². The van der Waals surface area contributed by atoms with E-state index in [1.165, 1.54) is 36.0 Å². The Bertz CT molecular complexity index is 1450. The van der Waals surface area contributed by atoms with Crippen LogP contribution in [0.4, 0.5) is 0 Å². The van der Waals surface area contributed by atoms with Crippen molar-refractivity contribution in [3.63, 3.8) is 0 Å². The number of benzene rings is 5. The minimum atomic E-state index is -1.98. The summed E-state index contributed by atoms with van der Waals surface area (Å²) in [7, 11) is -0.228. The highest BCUT2D eigenvalue weighted by molar-refractivity contribution is 7.02. The summed E-state index contributed by atoms with van der Waals surface area (Å²) >= 11 is 0. The molecule has 0 radical (unpaired) electrons. The van der Waals surface area contributed by atoms with Crippen molar-refractivity contribution >= 4 is 18.4 Å². The maximum atomic E-state index is 5.59. The zero-order valence-corrected chi connectivity index (χ0v) is 28.0. The molecule has 0 aliphatic carbocycles. The molecule has 1 nitrogen and oxygen atoms in total. The molecule has 0 N–H and O–H groups in total. The van der Waals surface area contributed by atoms with E-state index in [1.54, 1.807) is 17.5 Å². The predicted octanol–water partition coefficient (Wildman–Crippen LogP) is 9.90. The topological polar surface area (TPSA) is 9.23 Å². The van der Waals surface area contributed by atoms with Crippen LogP contribution in [0.15, 0.2) is 146 Å². The highest BCUT2D eigenvalue weighted by Crippen LogP contribution is 2.49. The van der Waals surface area contributed by atoms with Gasteiger partial charge in [0, 0.05) is 5.41 Å².